The first-order valence-electron chi connectivity index (χ1n) is 11.4. The standard InChI is InChI=1S/C25H26FN3O3S/c1-2-33(31,32)18-7-5-14(6-8-18)15-3-4-16(22(26)10-15)9-17(13-27)28-25(30)24-21-12-23(29-24)20-11-19(20)21/h3-8,10,17,19-21,23-24,29H,2,9,11-12H2,1H3,(H,28,30)/t17-,19+,20-,21+,23-,24-/m0/s1. The van der Waals surface area contributed by atoms with Crippen molar-refractivity contribution in [3.05, 3.63) is 53.8 Å². The lowest BCUT2D eigenvalue weighted by Gasteiger charge is -2.23. The topological polar surface area (TPSA) is 99.1 Å². The van der Waals surface area contributed by atoms with Crippen LogP contribution in [0.1, 0.15) is 25.3 Å². The number of piperidine rings is 1. The Balaban J connectivity index is 1.25. The van der Waals surface area contributed by atoms with Crippen molar-refractivity contribution in [2.45, 2.75) is 49.2 Å². The van der Waals surface area contributed by atoms with Gasteiger partial charge in [0.05, 0.1) is 22.8 Å². The van der Waals surface area contributed by atoms with Crippen molar-refractivity contribution >= 4 is 15.7 Å². The predicted molar refractivity (Wildman–Crippen MR) is 121 cm³/mol. The van der Waals surface area contributed by atoms with Gasteiger partial charge in [0.1, 0.15) is 11.9 Å². The summed E-state index contributed by atoms with van der Waals surface area (Å²) in [5.74, 6) is 1.11. The third-order valence-electron chi connectivity index (χ3n) is 7.46. The van der Waals surface area contributed by atoms with E-state index in [1.54, 1.807) is 31.2 Å². The van der Waals surface area contributed by atoms with Crippen LogP contribution in [-0.4, -0.2) is 38.2 Å². The number of carbonyl (C=O) groups is 1. The van der Waals surface area contributed by atoms with E-state index < -0.39 is 21.7 Å². The van der Waals surface area contributed by atoms with Gasteiger partial charge < -0.3 is 10.6 Å². The summed E-state index contributed by atoms with van der Waals surface area (Å²) >= 11 is 0. The normalized spacial score (nSPS) is 28.1. The average molecular weight is 468 g/mol. The molecule has 2 aliphatic carbocycles. The summed E-state index contributed by atoms with van der Waals surface area (Å²) < 4.78 is 38.8. The molecule has 2 N–H and O–H groups in total. The van der Waals surface area contributed by atoms with Crippen LogP contribution in [0.15, 0.2) is 47.4 Å². The summed E-state index contributed by atoms with van der Waals surface area (Å²) in [4.78, 5) is 13.0. The minimum absolute atomic E-state index is 0.0193. The summed E-state index contributed by atoms with van der Waals surface area (Å²) in [5.41, 5.74) is 1.65. The van der Waals surface area contributed by atoms with E-state index in [0.717, 1.165) is 12.3 Å². The van der Waals surface area contributed by atoms with Gasteiger partial charge in [-0.3, -0.25) is 4.79 Å². The Kier molecular flexibility index (Phi) is 5.50. The highest BCUT2D eigenvalue weighted by Crippen LogP contribution is 2.59. The lowest BCUT2D eigenvalue weighted by molar-refractivity contribution is -0.124. The molecule has 0 unspecified atom stereocenters. The number of nitriles is 1. The fraction of sp³-hybridized carbons (Fsp3) is 0.440. The summed E-state index contributed by atoms with van der Waals surface area (Å²) in [6.45, 7) is 1.59. The van der Waals surface area contributed by atoms with Crippen LogP contribution < -0.4 is 10.6 Å². The highest BCUT2D eigenvalue weighted by atomic mass is 32.2. The largest absolute Gasteiger partial charge is 0.339 e. The highest BCUT2D eigenvalue weighted by Gasteiger charge is 2.62. The predicted octanol–water partition coefficient (Wildman–Crippen LogP) is 2.83. The van der Waals surface area contributed by atoms with E-state index in [2.05, 4.69) is 16.7 Å². The summed E-state index contributed by atoms with van der Waals surface area (Å²) in [7, 11) is -3.29. The van der Waals surface area contributed by atoms with E-state index in [0.29, 0.717) is 34.6 Å². The first kappa shape index (κ1) is 22.1. The Labute approximate surface area is 193 Å². The minimum atomic E-state index is -3.29. The molecule has 1 saturated heterocycles. The maximum Gasteiger partial charge on any atom is 0.238 e. The molecular weight excluding hydrogens is 441 g/mol. The number of nitrogens with one attached hydrogen (secondary N) is 2. The summed E-state index contributed by atoms with van der Waals surface area (Å²) in [6.07, 6.45) is 2.31. The van der Waals surface area contributed by atoms with Gasteiger partial charge in [0.15, 0.2) is 9.84 Å². The van der Waals surface area contributed by atoms with E-state index in [-0.39, 0.29) is 29.0 Å². The molecule has 1 aliphatic heterocycles. The van der Waals surface area contributed by atoms with E-state index in [9.17, 15) is 22.9 Å². The van der Waals surface area contributed by atoms with Crippen LogP contribution in [-0.2, 0) is 21.1 Å². The van der Waals surface area contributed by atoms with Crippen molar-refractivity contribution < 1.29 is 17.6 Å². The quantitative estimate of drug-likeness (QED) is 0.653. The zero-order valence-electron chi connectivity index (χ0n) is 18.3. The van der Waals surface area contributed by atoms with Gasteiger partial charge in [-0.25, -0.2) is 12.8 Å². The van der Waals surface area contributed by atoms with E-state index >= 15 is 0 Å². The van der Waals surface area contributed by atoms with E-state index in [1.807, 2.05) is 0 Å². The van der Waals surface area contributed by atoms with Crippen molar-refractivity contribution in [1.82, 2.24) is 10.6 Å². The fourth-order valence-corrected chi connectivity index (χ4v) is 6.44. The van der Waals surface area contributed by atoms with Crippen molar-refractivity contribution in [1.29, 1.82) is 5.26 Å². The van der Waals surface area contributed by atoms with Crippen LogP contribution in [0.4, 0.5) is 4.39 Å². The lowest BCUT2D eigenvalue weighted by Crippen LogP contribution is -2.51. The number of rotatable bonds is 7. The van der Waals surface area contributed by atoms with Crippen LogP contribution in [0.3, 0.4) is 0 Å². The molecule has 2 aromatic rings. The molecule has 3 aliphatic rings. The van der Waals surface area contributed by atoms with Crippen molar-refractivity contribution in [2.75, 3.05) is 5.75 Å². The van der Waals surface area contributed by atoms with Gasteiger partial charge in [-0.05, 0) is 65.5 Å². The molecule has 5 rings (SSSR count). The fourth-order valence-electron chi connectivity index (χ4n) is 5.56. The van der Waals surface area contributed by atoms with Crippen LogP contribution in [0.5, 0.6) is 0 Å². The van der Waals surface area contributed by atoms with Crippen molar-refractivity contribution in [3.63, 3.8) is 0 Å². The van der Waals surface area contributed by atoms with Gasteiger partial charge in [-0.1, -0.05) is 31.2 Å². The Morgan fingerprint density at radius 2 is 1.88 bits per heavy atom. The lowest BCUT2D eigenvalue weighted by atomic mass is 9.96. The Hall–Kier alpha value is -2.76. The number of sulfone groups is 1. The van der Waals surface area contributed by atoms with Crippen LogP contribution in [0, 0.1) is 34.9 Å². The average Bonchev–Trinajstić information content (AvgIpc) is 3.42. The number of nitrogens with zero attached hydrogens (tertiary/aromatic N) is 1. The number of carbonyl (C=O) groups excluding carboxylic acids is 1. The highest BCUT2D eigenvalue weighted by molar-refractivity contribution is 7.91. The maximum atomic E-state index is 14.8. The second-order valence-corrected chi connectivity index (χ2v) is 11.6. The Bertz CT molecular complexity index is 1240. The minimum Gasteiger partial charge on any atom is -0.339 e. The number of hydrogen-bond acceptors (Lipinski definition) is 5. The Morgan fingerprint density at radius 1 is 1.15 bits per heavy atom. The van der Waals surface area contributed by atoms with Crippen LogP contribution in [0.25, 0.3) is 11.1 Å². The van der Waals surface area contributed by atoms with Gasteiger partial charge in [-0.2, -0.15) is 5.26 Å². The second-order valence-electron chi connectivity index (χ2n) is 9.34. The Morgan fingerprint density at radius 3 is 2.48 bits per heavy atom. The summed E-state index contributed by atoms with van der Waals surface area (Å²) in [6, 6.07) is 12.5. The second kappa shape index (κ2) is 8.23. The zero-order chi connectivity index (χ0) is 23.3. The third-order valence-corrected chi connectivity index (χ3v) is 9.21. The van der Waals surface area contributed by atoms with Gasteiger partial charge in [0.2, 0.25) is 5.91 Å². The van der Waals surface area contributed by atoms with E-state index in [4.69, 9.17) is 0 Å². The van der Waals surface area contributed by atoms with Crippen molar-refractivity contribution in [2.24, 2.45) is 17.8 Å². The molecule has 0 radical (unpaired) electrons. The molecule has 2 saturated carbocycles. The molecule has 1 amide bonds. The molecule has 1 heterocycles. The molecule has 8 heteroatoms. The number of benzene rings is 2. The maximum absolute atomic E-state index is 14.8. The van der Waals surface area contributed by atoms with E-state index in [1.165, 1.54) is 24.6 Å². The van der Waals surface area contributed by atoms with Crippen LogP contribution >= 0.6 is 0 Å². The first-order valence-corrected chi connectivity index (χ1v) is 13.0. The van der Waals surface area contributed by atoms with Crippen LogP contribution in [0.2, 0.25) is 0 Å². The first-order chi connectivity index (χ1) is 15.8. The molecule has 2 aromatic carbocycles. The molecule has 33 heavy (non-hydrogen) atoms. The van der Waals surface area contributed by atoms with Gasteiger partial charge in [0, 0.05) is 12.5 Å². The number of fused-ring (bicyclic) bond motifs is 5. The monoisotopic (exact) mass is 467 g/mol. The molecule has 3 fully saturated rings. The number of amides is 1. The summed E-state index contributed by atoms with van der Waals surface area (Å²) in [5, 5.41) is 15.7. The van der Waals surface area contributed by atoms with Gasteiger partial charge in [0.25, 0.3) is 0 Å². The zero-order valence-corrected chi connectivity index (χ0v) is 19.1. The smallest absolute Gasteiger partial charge is 0.238 e. The molecule has 0 aromatic heterocycles. The molecule has 172 valence electrons. The molecule has 6 atom stereocenters. The van der Waals surface area contributed by atoms with Gasteiger partial charge in [-0.15, -0.1) is 0 Å². The molecule has 2 bridgehead atoms. The van der Waals surface area contributed by atoms with Crippen molar-refractivity contribution in [3.8, 4) is 17.2 Å². The molecular formula is C25H26FN3O3S. The third kappa shape index (κ3) is 4.04. The van der Waals surface area contributed by atoms with Gasteiger partial charge >= 0.3 is 0 Å². The molecule has 6 nitrogen and oxygen atoms in total. The number of hydrogen-bond donors (Lipinski definition) is 2. The SMILES string of the molecule is CCS(=O)(=O)c1ccc(-c2ccc(C[C@@H](C#N)NC(=O)[C@H]3N[C@H]4C[C@@H]3[C@@H]3C[C@@H]34)c(F)c2)cc1. The number of halogens is 1. The molecule has 0 spiro atoms.